The summed E-state index contributed by atoms with van der Waals surface area (Å²) in [7, 11) is 0. The average molecular weight is 446 g/mol. The molecule has 2 atom stereocenters. The maximum Gasteiger partial charge on any atom is 0.407 e. The number of aliphatic hydroxyl groups is 2. The molecule has 0 aliphatic heterocycles. The highest BCUT2D eigenvalue weighted by Gasteiger charge is 2.29. The monoisotopic (exact) mass is 445 g/mol. The Morgan fingerprint density at radius 2 is 1.58 bits per heavy atom. The molecule has 3 aromatic carbocycles. The first-order chi connectivity index (χ1) is 16.1. The fourth-order valence-corrected chi connectivity index (χ4v) is 4.16. The number of amides is 1. The number of rotatable bonds is 9. The molecule has 1 aliphatic rings. The molecule has 0 heterocycles. The molecule has 0 bridgehead atoms. The highest BCUT2D eigenvalue weighted by Crippen LogP contribution is 2.44. The van der Waals surface area contributed by atoms with Crippen LogP contribution in [0.15, 0.2) is 85.5 Å². The maximum absolute atomic E-state index is 12.3. The van der Waals surface area contributed by atoms with Gasteiger partial charge in [-0.25, -0.2) is 4.79 Å². The number of alkyl carbamates (subject to hydrolysis) is 1. The summed E-state index contributed by atoms with van der Waals surface area (Å²) >= 11 is 0. The zero-order valence-electron chi connectivity index (χ0n) is 18.2. The molecule has 3 aromatic rings. The van der Waals surface area contributed by atoms with E-state index in [0.717, 1.165) is 22.3 Å². The zero-order valence-corrected chi connectivity index (χ0v) is 18.2. The lowest BCUT2D eigenvalue weighted by molar-refractivity contribution is 0.0171. The maximum atomic E-state index is 12.3. The second-order valence-corrected chi connectivity index (χ2v) is 7.86. The van der Waals surface area contributed by atoms with Gasteiger partial charge in [-0.1, -0.05) is 79.4 Å². The molecule has 0 radical (unpaired) electrons. The van der Waals surface area contributed by atoms with Crippen molar-refractivity contribution in [2.24, 2.45) is 0 Å². The van der Waals surface area contributed by atoms with E-state index in [1.807, 2.05) is 36.4 Å². The molecule has 6 nitrogen and oxygen atoms in total. The second kappa shape index (κ2) is 10.3. The third-order valence-electron chi connectivity index (χ3n) is 5.76. The fourth-order valence-electron chi connectivity index (χ4n) is 4.16. The molecular formula is C27H27NO5. The van der Waals surface area contributed by atoms with Gasteiger partial charge in [-0.3, -0.25) is 0 Å². The summed E-state index contributed by atoms with van der Waals surface area (Å²) in [6, 6.07) is 23.1. The third-order valence-corrected chi connectivity index (χ3v) is 5.76. The minimum absolute atomic E-state index is 0.0486. The van der Waals surface area contributed by atoms with Crippen molar-refractivity contribution >= 4 is 6.09 Å². The second-order valence-electron chi connectivity index (χ2n) is 7.86. The number of fused-ring (bicyclic) bond motifs is 3. The predicted molar refractivity (Wildman–Crippen MR) is 126 cm³/mol. The molecular weight excluding hydrogens is 418 g/mol. The number of hydrogen-bond donors (Lipinski definition) is 3. The quantitative estimate of drug-likeness (QED) is 0.430. The molecule has 1 aliphatic carbocycles. The molecule has 4 rings (SSSR count). The van der Waals surface area contributed by atoms with E-state index in [1.165, 1.54) is 0 Å². The van der Waals surface area contributed by atoms with Gasteiger partial charge in [0.2, 0.25) is 0 Å². The van der Waals surface area contributed by atoms with Crippen LogP contribution < -0.4 is 10.1 Å². The van der Waals surface area contributed by atoms with E-state index in [2.05, 4.69) is 24.0 Å². The van der Waals surface area contributed by atoms with Gasteiger partial charge in [0, 0.05) is 18.0 Å². The highest BCUT2D eigenvalue weighted by molar-refractivity contribution is 5.79. The fraction of sp³-hybridized carbons (Fsp3) is 0.222. The number of hydrogen-bond acceptors (Lipinski definition) is 5. The van der Waals surface area contributed by atoms with Crippen LogP contribution in [0.25, 0.3) is 11.1 Å². The molecule has 1 amide bonds. The number of aliphatic hydroxyl groups excluding tert-OH is 2. The number of nitrogens with one attached hydrogen (secondary N) is 1. The van der Waals surface area contributed by atoms with Crippen LogP contribution in [0.5, 0.6) is 5.75 Å². The van der Waals surface area contributed by atoms with Crippen LogP contribution in [0.1, 0.15) is 28.7 Å². The molecule has 0 spiro atoms. The molecule has 33 heavy (non-hydrogen) atoms. The van der Waals surface area contributed by atoms with Gasteiger partial charge in [-0.05, 0) is 28.3 Å². The SMILES string of the molecule is C=CCOc1ccccc1C(O)C(O)CNC(=O)OCC1c2ccccc2-c2ccccc21. The summed E-state index contributed by atoms with van der Waals surface area (Å²) in [6.45, 7) is 3.89. The Labute approximate surface area is 193 Å². The summed E-state index contributed by atoms with van der Waals surface area (Å²) in [6.07, 6.45) is -1.53. The summed E-state index contributed by atoms with van der Waals surface area (Å²) in [5, 5.41) is 23.5. The Bertz CT molecular complexity index is 1080. The van der Waals surface area contributed by atoms with Crippen LogP contribution in [0, 0.1) is 0 Å². The number of para-hydroxylation sites is 1. The first-order valence-corrected chi connectivity index (χ1v) is 10.9. The predicted octanol–water partition coefficient (Wildman–Crippen LogP) is 4.18. The van der Waals surface area contributed by atoms with Crippen molar-refractivity contribution in [2.45, 2.75) is 18.1 Å². The van der Waals surface area contributed by atoms with E-state index in [-0.39, 0.29) is 25.7 Å². The molecule has 6 heteroatoms. The van der Waals surface area contributed by atoms with Crippen LogP contribution >= 0.6 is 0 Å². The summed E-state index contributed by atoms with van der Waals surface area (Å²) in [5.74, 6) is 0.401. The van der Waals surface area contributed by atoms with E-state index >= 15 is 0 Å². The van der Waals surface area contributed by atoms with Crippen molar-refractivity contribution in [3.63, 3.8) is 0 Å². The Balaban J connectivity index is 1.34. The minimum Gasteiger partial charge on any atom is -0.489 e. The van der Waals surface area contributed by atoms with Gasteiger partial charge in [-0.15, -0.1) is 0 Å². The first-order valence-electron chi connectivity index (χ1n) is 10.9. The van der Waals surface area contributed by atoms with Gasteiger partial charge < -0.3 is 25.0 Å². The van der Waals surface area contributed by atoms with E-state index in [0.29, 0.717) is 11.3 Å². The van der Waals surface area contributed by atoms with Crippen LogP contribution in [0.4, 0.5) is 4.79 Å². The summed E-state index contributed by atoms with van der Waals surface area (Å²) < 4.78 is 11.0. The molecule has 0 saturated carbocycles. The molecule has 170 valence electrons. The molecule has 0 fully saturated rings. The van der Waals surface area contributed by atoms with E-state index in [1.54, 1.807) is 30.3 Å². The Hall–Kier alpha value is -3.61. The third kappa shape index (κ3) is 4.92. The van der Waals surface area contributed by atoms with E-state index in [4.69, 9.17) is 9.47 Å². The van der Waals surface area contributed by atoms with Gasteiger partial charge >= 0.3 is 6.09 Å². The van der Waals surface area contributed by atoms with Gasteiger partial charge in [-0.2, -0.15) is 0 Å². The lowest BCUT2D eigenvalue weighted by Gasteiger charge is -2.21. The topological polar surface area (TPSA) is 88.0 Å². The van der Waals surface area contributed by atoms with Gasteiger partial charge in [0.05, 0.1) is 0 Å². The number of benzene rings is 3. The lowest BCUT2D eigenvalue weighted by Crippen LogP contribution is -2.36. The highest BCUT2D eigenvalue weighted by atomic mass is 16.5. The van der Waals surface area contributed by atoms with Gasteiger partial charge in [0.15, 0.2) is 0 Å². The molecule has 0 aromatic heterocycles. The van der Waals surface area contributed by atoms with Crippen molar-refractivity contribution in [3.8, 4) is 16.9 Å². The average Bonchev–Trinajstić information content (AvgIpc) is 3.18. The summed E-state index contributed by atoms with van der Waals surface area (Å²) in [5.41, 5.74) is 4.98. The Morgan fingerprint density at radius 3 is 2.24 bits per heavy atom. The number of carbonyl (C=O) groups excluding carboxylic acids is 1. The van der Waals surface area contributed by atoms with E-state index in [9.17, 15) is 15.0 Å². The van der Waals surface area contributed by atoms with Crippen molar-refractivity contribution in [1.29, 1.82) is 0 Å². The van der Waals surface area contributed by atoms with Crippen LogP contribution in [-0.2, 0) is 4.74 Å². The van der Waals surface area contributed by atoms with Crippen LogP contribution in [-0.4, -0.2) is 42.2 Å². The van der Waals surface area contributed by atoms with Crippen LogP contribution in [0.3, 0.4) is 0 Å². The lowest BCUT2D eigenvalue weighted by atomic mass is 9.98. The number of carbonyl (C=O) groups is 1. The summed E-state index contributed by atoms with van der Waals surface area (Å²) in [4.78, 5) is 12.3. The van der Waals surface area contributed by atoms with E-state index < -0.39 is 18.3 Å². The van der Waals surface area contributed by atoms with Crippen LogP contribution in [0.2, 0.25) is 0 Å². The van der Waals surface area contributed by atoms with Crippen molar-refractivity contribution in [2.75, 3.05) is 19.8 Å². The first kappa shape index (κ1) is 22.6. The molecule has 0 saturated heterocycles. The Kier molecular flexibility index (Phi) is 7.07. The van der Waals surface area contributed by atoms with Gasteiger partial charge in [0.1, 0.15) is 31.2 Å². The number of ether oxygens (including phenoxy) is 2. The largest absolute Gasteiger partial charge is 0.489 e. The van der Waals surface area contributed by atoms with Crippen molar-refractivity contribution in [3.05, 3.63) is 102 Å². The van der Waals surface area contributed by atoms with Crippen molar-refractivity contribution < 1.29 is 24.5 Å². The minimum atomic E-state index is -1.24. The molecule has 2 unspecified atom stereocenters. The standard InChI is InChI=1S/C27H27NO5/c1-2-15-32-25-14-8-7-13-22(25)26(30)24(29)16-28-27(31)33-17-23-20-11-5-3-9-18(20)19-10-4-6-12-21(19)23/h2-14,23-24,26,29-30H,1,15-17H2,(H,28,31). The molecule has 3 N–H and O–H groups in total. The van der Waals surface area contributed by atoms with Gasteiger partial charge in [0.25, 0.3) is 0 Å². The zero-order chi connectivity index (χ0) is 23.2. The Morgan fingerprint density at radius 1 is 0.970 bits per heavy atom. The normalized spacial score (nSPS) is 14.0. The van der Waals surface area contributed by atoms with Crippen molar-refractivity contribution in [1.82, 2.24) is 5.32 Å². The smallest absolute Gasteiger partial charge is 0.407 e.